The van der Waals surface area contributed by atoms with E-state index in [-0.39, 0.29) is 29.7 Å². The number of rotatable bonds is 3. The Morgan fingerprint density at radius 1 is 0.935 bits per heavy atom. The quantitative estimate of drug-likeness (QED) is 0.275. The van der Waals surface area contributed by atoms with Crippen molar-refractivity contribution in [3.8, 4) is 0 Å². The summed E-state index contributed by atoms with van der Waals surface area (Å²) in [5.74, 6) is 2.64. The van der Waals surface area contributed by atoms with Crippen LogP contribution in [-0.4, -0.2) is 6.21 Å². The minimum atomic E-state index is 0. The molecule has 31 heavy (non-hydrogen) atoms. The first-order chi connectivity index (χ1) is 14.2. The van der Waals surface area contributed by atoms with Gasteiger partial charge in [-0.1, -0.05) is 52.5 Å². The van der Waals surface area contributed by atoms with E-state index in [1.54, 1.807) is 0 Å². The summed E-state index contributed by atoms with van der Waals surface area (Å²) in [4.78, 5) is 0. The van der Waals surface area contributed by atoms with Gasteiger partial charge in [0, 0.05) is 11.6 Å². The van der Waals surface area contributed by atoms with Crippen LogP contribution in [0.25, 0.3) is 0 Å². The number of hydrogen-bond donors (Lipinski definition) is 1. The molecule has 0 heterocycles. The number of fused-ring (bicyclic) bond motifs is 5. The van der Waals surface area contributed by atoms with Gasteiger partial charge in [-0.05, 0) is 91.3 Å². The summed E-state index contributed by atoms with van der Waals surface area (Å²) in [7, 11) is 0. The standard InChI is InChI=1S/C29H46N.Li/c1-7-28-18-14-25-24(26(28,5)15-10-11-22(4)19-28)13-17-27(6)23(21(2)3)12-8-9-16-29(25,27)20-30;/h7,20,22-25,30H,1-3,8-19H2,4-6H3;/q-1;+1/t22-,23-,24?,25+,26+,27+,28+,29?;/m0./s1. The second-order valence-electron chi connectivity index (χ2n) is 12.3. The van der Waals surface area contributed by atoms with E-state index in [9.17, 15) is 0 Å². The van der Waals surface area contributed by atoms with Crippen molar-refractivity contribution in [1.29, 1.82) is 5.41 Å². The van der Waals surface area contributed by atoms with Gasteiger partial charge in [-0.15, -0.1) is 6.58 Å². The van der Waals surface area contributed by atoms with Crippen molar-refractivity contribution < 1.29 is 18.9 Å². The molecule has 8 atom stereocenters. The monoisotopic (exact) mass is 415 g/mol. The van der Waals surface area contributed by atoms with E-state index >= 15 is 0 Å². The Labute approximate surface area is 205 Å². The minimum absolute atomic E-state index is 0. The first-order valence-corrected chi connectivity index (χ1v) is 12.9. The van der Waals surface area contributed by atoms with Gasteiger partial charge in [0.15, 0.2) is 0 Å². The third-order valence-corrected chi connectivity index (χ3v) is 11.4. The van der Waals surface area contributed by atoms with Gasteiger partial charge in [-0.25, -0.2) is 19.1 Å². The van der Waals surface area contributed by atoms with Crippen molar-refractivity contribution in [2.75, 3.05) is 0 Å². The first kappa shape index (κ1) is 25.2. The van der Waals surface area contributed by atoms with Crippen molar-refractivity contribution in [3.05, 3.63) is 31.7 Å². The van der Waals surface area contributed by atoms with Gasteiger partial charge in [-0.2, -0.15) is 0 Å². The molecule has 0 aromatic carbocycles. The van der Waals surface area contributed by atoms with E-state index in [2.05, 4.69) is 46.9 Å². The number of allylic oxidation sites excluding steroid dienone is 2. The maximum absolute atomic E-state index is 8.86. The average molecular weight is 416 g/mol. The smallest absolute Gasteiger partial charge is 0.312 e. The maximum Gasteiger partial charge on any atom is 1.00 e. The van der Waals surface area contributed by atoms with Crippen LogP contribution in [0.3, 0.4) is 0 Å². The molecular formula is C29H46LiN. The summed E-state index contributed by atoms with van der Waals surface area (Å²) in [6, 6.07) is 0. The van der Waals surface area contributed by atoms with E-state index in [1.165, 1.54) is 77.0 Å². The SMILES string of the molecule is C=C[C@]12CC[C@@H]3C(CC[C@]4(C)[C@H](C(=C)[CH2-])CCCCC34C=N)[C@@]1(C)CCC[C@H](C)C2.[Li+]. The predicted molar refractivity (Wildman–Crippen MR) is 130 cm³/mol. The van der Waals surface area contributed by atoms with Crippen molar-refractivity contribution >= 4 is 6.21 Å². The first-order valence-electron chi connectivity index (χ1n) is 12.9. The van der Waals surface area contributed by atoms with Crippen molar-refractivity contribution in [3.63, 3.8) is 0 Å². The van der Waals surface area contributed by atoms with Gasteiger partial charge < -0.3 is 5.41 Å². The molecule has 0 radical (unpaired) electrons. The van der Waals surface area contributed by atoms with Gasteiger partial charge in [0.2, 0.25) is 0 Å². The van der Waals surface area contributed by atoms with Crippen LogP contribution in [0.2, 0.25) is 0 Å². The fourth-order valence-corrected chi connectivity index (χ4v) is 9.74. The van der Waals surface area contributed by atoms with Crippen molar-refractivity contribution in [2.24, 2.45) is 45.3 Å². The summed E-state index contributed by atoms with van der Waals surface area (Å²) >= 11 is 0. The predicted octanol–water partition coefficient (Wildman–Crippen LogP) is 5.42. The van der Waals surface area contributed by atoms with Crippen LogP contribution in [0.5, 0.6) is 0 Å². The Hall–Kier alpha value is -0.383. The molecule has 0 amide bonds. The Kier molecular flexibility index (Phi) is 7.13. The Balaban J connectivity index is 0.00000272. The summed E-state index contributed by atoms with van der Waals surface area (Å²) < 4.78 is 0. The Bertz CT molecular complexity index is 714. The molecule has 2 heteroatoms. The molecule has 4 rings (SSSR count). The zero-order valence-electron chi connectivity index (χ0n) is 21.1. The minimum Gasteiger partial charge on any atom is -0.312 e. The maximum atomic E-state index is 8.86. The van der Waals surface area contributed by atoms with Crippen LogP contribution in [0.1, 0.15) is 97.8 Å². The molecule has 0 spiro atoms. The van der Waals surface area contributed by atoms with E-state index in [0.717, 1.165) is 17.4 Å². The molecule has 0 saturated heterocycles. The Morgan fingerprint density at radius 2 is 1.65 bits per heavy atom. The third-order valence-electron chi connectivity index (χ3n) is 11.4. The summed E-state index contributed by atoms with van der Waals surface area (Å²) in [6.07, 6.45) is 19.8. The summed E-state index contributed by atoms with van der Waals surface area (Å²) in [5, 5.41) is 8.86. The molecule has 0 aromatic rings. The molecule has 1 N–H and O–H groups in total. The van der Waals surface area contributed by atoms with Crippen LogP contribution in [0.15, 0.2) is 24.8 Å². The van der Waals surface area contributed by atoms with Crippen molar-refractivity contribution in [2.45, 2.75) is 97.8 Å². The van der Waals surface area contributed by atoms with Crippen LogP contribution in [0, 0.1) is 57.7 Å². The zero-order chi connectivity index (χ0) is 21.8. The number of nitrogens with one attached hydrogen (secondary N) is 1. The molecule has 168 valence electrons. The normalized spacial score (nSPS) is 49.6. The van der Waals surface area contributed by atoms with Gasteiger partial charge in [0.05, 0.1) is 0 Å². The molecule has 2 unspecified atom stereocenters. The summed E-state index contributed by atoms with van der Waals surface area (Å²) in [6.45, 7) is 20.8. The molecule has 4 aliphatic rings. The van der Waals surface area contributed by atoms with E-state index in [1.807, 2.05) is 6.21 Å². The average Bonchev–Trinajstić information content (AvgIpc) is 2.94. The third kappa shape index (κ3) is 3.39. The van der Waals surface area contributed by atoms with Crippen molar-refractivity contribution in [1.82, 2.24) is 0 Å². The number of hydrogen-bond acceptors (Lipinski definition) is 1. The molecule has 0 aromatic heterocycles. The van der Waals surface area contributed by atoms with E-state index < -0.39 is 0 Å². The van der Waals surface area contributed by atoms with Crippen LogP contribution in [0.4, 0.5) is 0 Å². The summed E-state index contributed by atoms with van der Waals surface area (Å²) in [5.41, 5.74) is 1.92. The molecule has 4 saturated carbocycles. The molecule has 0 aliphatic heterocycles. The zero-order valence-corrected chi connectivity index (χ0v) is 21.1. The van der Waals surface area contributed by atoms with E-state index in [0.29, 0.717) is 22.7 Å². The van der Waals surface area contributed by atoms with Crippen LogP contribution < -0.4 is 18.9 Å². The largest absolute Gasteiger partial charge is 1.00 e. The molecule has 4 aliphatic carbocycles. The van der Waals surface area contributed by atoms with Crippen LogP contribution in [-0.2, 0) is 0 Å². The van der Waals surface area contributed by atoms with Crippen LogP contribution >= 0.6 is 0 Å². The van der Waals surface area contributed by atoms with E-state index in [4.69, 9.17) is 5.41 Å². The van der Waals surface area contributed by atoms with Gasteiger partial charge in [0.25, 0.3) is 0 Å². The molecule has 1 nitrogen and oxygen atoms in total. The Morgan fingerprint density at radius 3 is 2.29 bits per heavy atom. The molecule has 0 bridgehead atoms. The molecule has 4 fully saturated rings. The molecular weight excluding hydrogens is 369 g/mol. The topological polar surface area (TPSA) is 23.9 Å². The second kappa shape index (κ2) is 8.76. The van der Waals surface area contributed by atoms with Gasteiger partial charge >= 0.3 is 18.9 Å². The fourth-order valence-electron chi connectivity index (χ4n) is 9.74. The van der Waals surface area contributed by atoms with Gasteiger partial charge in [0.1, 0.15) is 0 Å². The second-order valence-corrected chi connectivity index (χ2v) is 12.3. The fraction of sp³-hybridized carbons (Fsp3) is 0.793. The van der Waals surface area contributed by atoms with Gasteiger partial charge in [-0.3, -0.25) is 0 Å².